The van der Waals surface area contributed by atoms with E-state index in [0.717, 1.165) is 5.56 Å². The molecule has 1 aliphatic heterocycles. The van der Waals surface area contributed by atoms with Gasteiger partial charge in [0.05, 0.1) is 23.4 Å². The predicted molar refractivity (Wildman–Crippen MR) is 116 cm³/mol. The third kappa shape index (κ3) is 3.86. The molecule has 0 fully saturated rings. The van der Waals surface area contributed by atoms with Crippen molar-refractivity contribution in [2.45, 2.75) is 13.1 Å². The highest BCUT2D eigenvalue weighted by atomic mass is 35.5. The summed E-state index contributed by atoms with van der Waals surface area (Å²) in [6.45, 7) is 0.501. The van der Waals surface area contributed by atoms with Crippen LogP contribution in [-0.2, 0) is 22.7 Å². The first kappa shape index (κ1) is 20.3. The molecule has 0 atom stereocenters. The van der Waals surface area contributed by atoms with Crippen molar-refractivity contribution in [2.24, 2.45) is 0 Å². The molecule has 0 N–H and O–H groups in total. The molecule has 0 spiro atoms. The number of carbonyl (C=O) groups is 2. The normalized spacial score (nSPS) is 14.0. The summed E-state index contributed by atoms with van der Waals surface area (Å²) in [7, 11) is 1.79. The lowest BCUT2D eigenvalue weighted by atomic mass is 10.0. The maximum atomic E-state index is 13.3. The molecule has 1 aliphatic rings. The van der Waals surface area contributed by atoms with Gasteiger partial charge in [0.2, 0.25) is 0 Å². The van der Waals surface area contributed by atoms with Crippen LogP contribution in [0.15, 0.2) is 77.0 Å². The summed E-state index contributed by atoms with van der Waals surface area (Å²) in [6.07, 6.45) is 1.51. The van der Waals surface area contributed by atoms with Gasteiger partial charge in [-0.1, -0.05) is 59.6 Å². The van der Waals surface area contributed by atoms with Crippen LogP contribution in [0.2, 0.25) is 10.0 Å². The fourth-order valence-corrected chi connectivity index (χ4v) is 3.99. The molecule has 152 valence electrons. The average molecular weight is 441 g/mol. The molecule has 0 saturated carbocycles. The lowest BCUT2D eigenvalue weighted by molar-refractivity contribution is -0.138. The van der Waals surface area contributed by atoms with Gasteiger partial charge in [-0.15, -0.1) is 0 Å². The first-order valence-corrected chi connectivity index (χ1v) is 10.0. The van der Waals surface area contributed by atoms with E-state index in [1.165, 1.54) is 11.2 Å². The molecule has 2 heterocycles. The van der Waals surface area contributed by atoms with E-state index in [4.69, 9.17) is 27.6 Å². The molecule has 4 rings (SSSR count). The smallest absolute Gasteiger partial charge is 0.278 e. The Kier molecular flexibility index (Phi) is 5.66. The molecule has 3 aromatic rings. The Hall–Kier alpha value is -3.02. The minimum Gasteiger partial charge on any atom is -0.467 e. The molecular formula is C23H18Cl2N2O3. The Morgan fingerprint density at radius 3 is 2.40 bits per heavy atom. The second-order valence-corrected chi connectivity index (χ2v) is 7.81. The van der Waals surface area contributed by atoms with Crippen LogP contribution >= 0.6 is 23.2 Å². The van der Waals surface area contributed by atoms with Gasteiger partial charge in [0, 0.05) is 24.2 Å². The molecule has 1 aromatic heterocycles. The highest BCUT2D eigenvalue weighted by molar-refractivity contribution is 6.41. The standard InChI is InChI=1S/C23H18Cl2N2O3/c1-26(13-15-6-3-2-4-7-15)21-20(18-10-9-16(24)12-19(18)25)22(28)27(23(21)29)14-17-8-5-11-30-17/h2-12H,13-14H2,1H3. The zero-order valence-electron chi connectivity index (χ0n) is 16.1. The lowest BCUT2D eigenvalue weighted by Gasteiger charge is -2.21. The zero-order chi connectivity index (χ0) is 21.3. The summed E-state index contributed by atoms with van der Waals surface area (Å²) < 4.78 is 5.34. The van der Waals surface area contributed by atoms with E-state index in [1.54, 1.807) is 42.3 Å². The Balaban J connectivity index is 1.77. The van der Waals surface area contributed by atoms with Gasteiger partial charge in [-0.05, 0) is 29.8 Å². The van der Waals surface area contributed by atoms with E-state index in [2.05, 4.69) is 0 Å². The summed E-state index contributed by atoms with van der Waals surface area (Å²) >= 11 is 12.4. The van der Waals surface area contributed by atoms with E-state index in [9.17, 15) is 9.59 Å². The number of amides is 2. The Morgan fingerprint density at radius 2 is 1.73 bits per heavy atom. The Labute approximate surface area is 184 Å². The molecule has 7 heteroatoms. The fraction of sp³-hybridized carbons (Fsp3) is 0.130. The summed E-state index contributed by atoms with van der Waals surface area (Å²) in [6, 6.07) is 18.0. The third-order valence-electron chi connectivity index (χ3n) is 4.88. The van der Waals surface area contributed by atoms with E-state index < -0.39 is 11.8 Å². The lowest BCUT2D eigenvalue weighted by Crippen LogP contribution is -2.33. The van der Waals surface area contributed by atoms with Crippen molar-refractivity contribution in [2.75, 3.05) is 7.05 Å². The minimum absolute atomic E-state index is 0.0437. The maximum absolute atomic E-state index is 13.3. The van der Waals surface area contributed by atoms with Crippen molar-refractivity contribution < 1.29 is 14.0 Å². The van der Waals surface area contributed by atoms with Gasteiger partial charge in [-0.3, -0.25) is 14.5 Å². The van der Waals surface area contributed by atoms with Gasteiger partial charge < -0.3 is 9.32 Å². The maximum Gasteiger partial charge on any atom is 0.278 e. The number of nitrogens with zero attached hydrogens (tertiary/aromatic N) is 2. The first-order valence-electron chi connectivity index (χ1n) is 9.29. The quantitative estimate of drug-likeness (QED) is 0.506. The van der Waals surface area contributed by atoms with Crippen LogP contribution in [-0.4, -0.2) is 28.7 Å². The third-order valence-corrected chi connectivity index (χ3v) is 5.43. The van der Waals surface area contributed by atoms with Gasteiger partial charge >= 0.3 is 0 Å². The molecule has 0 saturated heterocycles. The first-order chi connectivity index (χ1) is 14.5. The van der Waals surface area contributed by atoms with Crippen molar-refractivity contribution in [3.05, 3.63) is 99.6 Å². The average Bonchev–Trinajstić information content (AvgIpc) is 3.31. The van der Waals surface area contributed by atoms with E-state index in [-0.39, 0.29) is 12.1 Å². The van der Waals surface area contributed by atoms with Crippen molar-refractivity contribution in [3.63, 3.8) is 0 Å². The summed E-state index contributed by atoms with van der Waals surface area (Å²) in [5.41, 5.74) is 2.03. The second-order valence-electron chi connectivity index (χ2n) is 6.97. The number of imide groups is 1. The highest BCUT2D eigenvalue weighted by Crippen LogP contribution is 2.36. The topological polar surface area (TPSA) is 53.8 Å². The number of carbonyl (C=O) groups excluding carboxylic acids is 2. The van der Waals surface area contributed by atoms with Crippen LogP contribution in [0.25, 0.3) is 5.57 Å². The molecule has 0 bridgehead atoms. The minimum atomic E-state index is -0.421. The SMILES string of the molecule is CN(Cc1ccccc1)C1=C(c2ccc(Cl)cc2Cl)C(=O)N(Cc2ccco2)C1=O. The number of hydrogen-bond acceptors (Lipinski definition) is 4. The van der Waals surface area contributed by atoms with Crippen LogP contribution < -0.4 is 0 Å². The van der Waals surface area contributed by atoms with Crippen molar-refractivity contribution in [3.8, 4) is 0 Å². The molecular weight excluding hydrogens is 423 g/mol. The zero-order valence-corrected chi connectivity index (χ0v) is 17.7. The van der Waals surface area contributed by atoms with Gasteiger partial charge in [0.1, 0.15) is 11.5 Å². The Morgan fingerprint density at radius 1 is 0.967 bits per heavy atom. The van der Waals surface area contributed by atoms with E-state index in [0.29, 0.717) is 33.6 Å². The number of hydrogen-bond donors (Lipinski definition) is 0. The van der Waals surface area contributed by atoms with Crippen LogP contribution in [0.5, 0.6) is 0 Å². The Bertz CT molecular complexity index is 1120. The number of halogens is 2. The highest BCUT2D eigenvalue weighted by Gasteiger charge is 2.41. The molecule has 0 unspecified atom stereocenters. The summed E-state index contributed by atoms with van der Waals surface area (Å²) in [5, 5.41) is 0.761. The van der Waals surface area contributed by atoms with Gasteiger partial charge in [-0.25, -0.2) is 0 Å². The second kappa shape index (κ2) is 8.38. The molecule has 5 nitrogen and oxygen atoms in total. The number of likely N-dealkylation sites (N-methyl/N-ethyl adjacent to an activating group) is 1. The predicted octanol–water partition coefficient (Wildman–Crippen LogP) is 5.00. The van der Waals surface area contributed by atoms with Crippen LogP contribution in [0.1, 0.15) is 16.9 Å². The van der Waals surface area contributed by atoms with Gasteiger partial charge in [-0.2, -0.15) is 0 Å². The largest absolute Gasteiger partial charge is 0.467 e. The molecule has 0 radical (unpaired) electrons. The molecule has 2 amide bonds. The van der Waals surface area contributed by atoms with E-state index in [1.807, 2.05) is 30.3 Å². The van der Waals surface area contributed by atoms with Crippen molar-refractivity contribution >= 4 is 40.6 Å². The van der Waals surface area contributed by atoms with Crippen LogP contribution in [0, 0.1) is 0 Å². The summed E-state index contributed by atoms with van der Waals surface area (Å²) in [4.78, 5) is 29.6. The summed E-state index contributed by atoms with van der Waals surface area (Å²) in [5.74, 6) is -0.295. The fourth-order valence-electron chi connectivity index (χ4n) is 3.49. The number of rotatable bonds is 6. The van der Waals surface area contributed by atoms with Gasteiger partial charge in [0.25, 0.3) is 11.8 Å². The molecule has 0 aliphatic carbocycles. The molecule has 2 aromatic carbocycles. The van der Waals surface area contributed by atoms with Crippen LogP contribution in [0.4, 0.5) is 0 Å². The van der Waals surface area contributed by atoms with Crippen molar-refractivity contribution in [1.29, 1.82) is 0 Å². The van der Waals surface area contributed by atoms with Gasteiger partial charge in [0.15, 0.2) is 0 Å². The van der Waals surface area contributed by atoms with Crippen molar-refractivity contribution in [1.82, 2.24) is 9.80 Å². The van der Waals surface area contributed by atoms with E-state index >= 15 is 0 Å². The number of furan rings is 1. The number of benzene rings is 2. The monoisotopic (exact) mass is 440 g/mol. The van der Waals surface area contributed by atoms with Crippen LogP contribution in [0.3, 0.4) is 0 Å². The molecule has 30 heavy (non-hydrogen) atoms.